The molecule has 0 atom stereocenters. The van der Waals surface area contributed by atoms with Gasteiger partial charge in [-0.1, -0.05) is 42.5 Å². The Morgan fingerprint density at radius 3 is 2.41 bits per heavy atom. The number of hydrogen-bond acceptors (Lipinski definition) is 5. The highest BCUT2D eigenvalue weighted by Gasteiger charge is 2.27. The molecule has 1 aliphatic rings. The topological polar surface area (TPSA) is 61.8 Å². The molecule has 0 bridgehead atoms. The standard InChI is InChI=1S/C24H18O5/c1-27-18-9-7-16(8-10-18)13-23-24(26)20-12-11-19(14-22(20)29-23)28-15-21(25)17-5-3-2-4-6-17/h2-14H,15H2,1H3/b23-13+. The van der Waals surface area contributed by atoms with Gasteiger partial charge in [0.05, 0.1) is 12.7 Å². The van der Waals surface area contributed by atoms with Gasteiger partial charge >= 0.3 is 0 Å². The SMILES string of the molecule is COc1ccc(/C=C2/Oc3cc(OCC(=O)c4ccccc4)ccc3C2=O)cc1. The molecule has 0 radical (unpaired) electrons. The molecule has 1 heterocycles. The first-order valence-electron chi connectivity index (χ1n) is 9.07. The third-order valence-corrected chi connectivity index (χ3v) is 4.52. The van der Waals surface area contributed by atoms with E-state index in [4.69, 9.17) is 14.2 Å². The van der Waals surface area contributed by atoms with Gasteiger partial charge in [-0.25, -0.2) is 0 Å². The summed E-state index contributed by atoms with van der Waals surface area (Å²) in [5.41, 5.74) is 1.88. The van der Waals surface area contributed by atoms with E-state index >= 15 is 0 Å². The molecule has 3 aromatic carbocycles. The lowest BCUT2D eigenvalue weighted by molar-refractivity contribution is 0.0921. The Balaban J connectivity index is 1.46. The molecule has 0 spiro atoms. The quantitative estimate of drug-likeness (QED) is 0.459. The Labute approximate surface area is 168 Å². The number of allylic oxidation sites excluding steroid dienone is 1. The van der Waals surface area contributed by atoms with Crippen molar-refractivity contribution in [1.29, 1.82) is 0 Å². The van der Waals surface area contributed by atoms with Gasteiger partial charge in [0.1, 0.15) is 17.2 Å². The number of Topliss-reactive ketones (excluding diaryl/α,β-unsaturated/α-hetero) is 2. The number of rotatable bonds is 6. The van der Waals surface area contributed by atoms with Crippen molar-refractivity contribution in [3.63, 3.8) is 0 Å². The van der Waals surface area contributed by atoms with E-state index < -0.39 is 0 Å². The van der Waals surface area contributed by atoms with E-state index in [1.807, 2.05) is 30.3 Å². The molecule has 5 heteroatoms. The summed E-state index contributed by atoms with van der Waals surface area (Å²) in [4.78, 5) is 24.8. The van der Waals surface area contributed by atoms with Crippen molar-refractivity contribution in [1.82, 2.24) is 0 Å². The maximum atomic E-state index is 12.6. The predicted octanol–water partition coefficient (Wildman–Crippen LogP) is 4.57. The molecule has 0 fully saturated rings. The Hall–Kier alpha value is -3.86. The van der Waals surface area contributed by atoms with Crippen LogP contribution in [0.25, 0.3) is 6.08 Å². The number of ketones is 2. The Kier molecular flexibility index (Phi) is 5.12. The van der Waals surface area contributed by atoms with E-state index in [0.717, 1.165) is 11.3 Å². The van der Waals surface area contributed by atoms with E-state index in [0.29, 0.717) is 22.6 Å². The van der Waals surface area contributed by atoms with Gasteiger partial charge in [0.15, 0.2) is 18.1 Å². The monoisotopic (exact) mass is 386 g/mol. The van der Waals surface area contributed by atoms with Crippen molar-refractivity contribution >= 4 is 17.6 Å². The van der Waals surface area contributed by atoms with Crippen LogP contribution in [0.15, 0.2) is 78.6 Å². The summed E-state index contributed by atoms with van der Waals surface area (Å²) in [6.07, 6.45) is 1.68. The van der Waals surface area contributed by atoms with Gasteiger partial charge in [-0.2, -0.15) is 0 Å². The molecule has 0 N–H and O–H groups in total. The summed E-state index contributed by atoms with van der Waals surface area (Å²) in [6, 6.07) is 21.2. The van der Waals surface area contributed by atoms with Crippen LogP contribution in [0.4, 0.5) is 0 Å². The first-order valence-corrected chi connectivity index (χ1v) is 9.07. The van der Waals surface area contributed by atoms with Gasteiger partial charge in [-0.3, -0.25) is 9.59 Å². The number of methoxy groups -OCH3 is 1. The molecule has 0 amide bonds. The maximum Gasteiger partial charge on any atom is 0.231 e. The van der Waals surface area contributed by atoms with Crippen LogP contribution in [-0.2, 0) is 0 Å². The third kappa shape index (κ3) is 4.04. The molecule has 0 aliphatic carbocycles. The summed E-state index contributed by atoms with van der Waals surface area (Å²) in [5.74, 6) is 1.54. The fraction of sp³-hybridized carbons (Fsp3) is 0.0833. The Morgan fingerprint density at radius 1 is 0.966 bits per heavy atom. The molecule has 0 aromatic heterocycles. The average Bonchev–Trinajstić information content (AvgIpc) is 3.07. The zero-order chi connectivity index (χ0) is 20.2. The lowest BCUT2D eigenvalue weighted by Crippen LogP contribution is -2.11. The molecule has 4 rings (SSSR count). The fourth-order valence-corrected chi connectivity index (χ4v) is 2.96. The van der Waals surface area contributed by atoms with Crippen LogP contribution in [0.1, 0.15) is 26.3 Å². The molecule has 29 heavy (non-hydrogen) atoms. The summed E-state index contributed by atoms with van der Waals surface area (Å²) < 4.78 is 16.5. The maximum absolute atomic E-state index is 12.6. The van der Waals surface area contributed by atoms with Gasteiger partial charge in [0.25, 0.3) is 0 Å². The van der Waals surface area contributed by atoms with Crippen molar-refractivity contribution in [2.45, 2.75) is 0 Å². The Bertz CT molecular complexity index is 1080. The number of fused-ring (bicyclic) bond motifs is 1. The highest BCUT2D eigenvalue weighted by Crippen LogP contribution is 2.35. The third-order valence-electron chi connectivity index (χ3n) is 4.52. The second-order valence-electron chi connectivity index (χ2n) is 6.45. The first kappa shape index (κ1) is 18.5. The minimum atomic E-state index is -0.192. The number of carbonyl (C=O) groups is 2. The fourth-order valence-electron chi connectivity index (χ4n) is 2.96. The summed E-state index contributed by atoms with van der Waals surface area (Å²) >= 11 is 0. The molecular weight excluding hydrogens is 368 g/mol. The molecule has 0 saturated heterocycles. The highest BCUT2D eigenvalue weighted by molar-refractivity contribution is 6.14. The van der Waals surface area contributed by atoms with Gasteiger partial charge in [-0.05, 0) is 35.9 Å². The highest BCUT2D eigenvalue weighted by atomic mass is 16.5. The second kappa shape index (κ2) is 8.02. The molecule has 1 aliphatic heterocycles. The number of hydrogen-bond donors (Lipinski definition) is 0. The van der Waals surface area contributed by atoms with Crippen LogP contribution in [0.5, 0.6) is 17.2 Å². The van der Waals surface area contributed by atoms with Crippen LogP contribution in [0, 0.1) is 0 Å². The van der Waals surface area contributed by atoms with E-state index in [-0.39, 0.29) is 23.9 Å². The van der Waals surface area contributed by atoms with E-state index in [1.54, 1.807) is 55.7 Å². The van der Waals surface area contributed by atoms with Crippen LogP contribution < -0.4 is 14.2 Å². The predicted molar refractivity (Wildman–Crippen MR) is 109 cm³/mol. The summed E-state index contributed by atoms with van der Waals surface area (Å²) in [5, 5.41) is 0. The first-order chi connectivity index (χ1) is 14.1. The van der Waals surface area contributed by atoms with Crippen molar-refractivity contribution < 1.29 is 23.8 Å². The minimum Gasteiger partial charge on any atom is -0.497 e. The van der Waals surface area contributed by atoms with Crippen LogP contribution in [0.2, 0.25) is 0 Å². The van der Waals surface area contributed by atoms with Crippen molar-refractivity contribution in [3.05, 3.63) is 95.2 Å². The molecule has 144 valence electrons. The normalized spacial score (nSPS) is 13.7. The van der Waals surface area contributed by atoms with E-state index in [9.17, 15) is 9.59 Å². The molecule has 0 unspecified atom stereocenters. The van der Waals surface area contributed by atoms with Crippen molar-refractivity contribution in [2.75, 3.05) is 13.7 Å². The zero-order valence-electron chi connectivity index (χ0n) is 15.8. The smallest absolute Gasteiger partial charge is 0.231 e. The van der Waals surface area contributed by atoms with Crippen molar-refractivity contribution in [3.8, 4) is 17.2 Å². The average molecular weight is 386 g/mol. The largest absolute Gasteiger partial charge is 0.497 e. The lowest BCUT2D eigenvalue weighted by atomic mass is 10.1. The lowest BCUT2D eigenvalue weighted by Gasteiger charge is -2.06. The summed E-state index contributed by atoms with van der Waals surface area (Å²) in [7, 11) is 1.60. The zero-order valence-corrected chi connectivity index (χ0v) is 15.8. The number of carbonyl (C=O) groups excluding carboxylic acids is 2. The minimum absolute atomic E-state index is 0.0920. The van der Waals surface area contributed by atoms with Gasteiger partial charge in [0.2, 0.25) is 5.78 Å². The van der Waals surface area contributed by atoms with Gasteiger partial charge < -0.3 is 14.2 Å². The molecule has 5 nitrogen and oxygen atoms in total. The van der Waals surface area contributed by atoms with E-state index in [1.165, 1.54) is 0 Å². The Morgan fingerprint density at radius 2 is 1.69 bits per heavy atom. The second-order valence-corrected chi connectivity index (χ2v) is 6.45. The van der Waals surface area contributed by atoms with Crippen LogP contribution >= 0.6 is 0 Å². The van der Waals surface area contributed by atoms with Crippen molar-refractivity contribution in [2.24, 2.45) is 0 Å². The molecule has 3 aromatic rings. The van der Waals surface area contributed by atoms with Crippen LogP contribution in [0.3, 0.4) is 0 Å². The van der Waals surface area contributed by atoms with E-state index in [2.05, 4.69) is 0 Å². The molecule has 0 saturated carbocycles. The van der Waals surface area contributed by atoms with Gasteiger partial charge in [-0.15, -0.1) is 0 Å². The number of ether oxygens (including phenoxy) is 3. The molecular formula is C24H18O5. The number of benzene rings is 3. The van der Waals surface area contributed by atoms with Gasteiger partial charge in [0, 0.05) is 11.6 Å². The summed E-state index contributed by atoms with van der Waals surface area (Å²) in [6.45, 7) is -0.0920. The van der Waals surface area contributed by atoms with Crippen LogP contribution in [-0.4, -0.2) is 25.3 Å².